The summed E-state index contributed by atoms with van der Waals surface area (Å²) in [6.07, 6.45) is 0. The Morgan fingerprint density at radius 3 is 2.26 bits per heavy atom. The lowest BCUT2D eigenvalue weighted by Gasteiger charge is -1.99. The Hall–Kier alpha value is -2.96. The van der Waals surface area contributed by atoms with E-state index in [0.29, 0.717) is 0 Å². The van der Waals surface area contributed by atoms with Crippen molar-refractivity contribution < 1.29 is 15.1 Å². The van der Waals surface area contributed by atoms with Crippen LogP contribution in [0.2, 0.25) is 0 Å². The molecule has 0 fully saturated rings. The highest BCUT2D eigenvalue weighted by Gasteiger charge is 2.16. The summed E-state index contributed by atoms with van der Waals surface area (Å²) in [5.41, 5.74) is -0.292. The van der Waals surface area contributed by atoms with Crippen LogP contribution in [-0.2, 0) is 0 Å². The summed E-state index contributed by atoms with van der Waals surface area (Å²) in [6, 6.07) is 10.2. The van der Waals surface area contributed by atoms with E-state index in [9.17, 15) is 20.3 Å². The van der Waals surface area contributed by atoms with E-state index in [-0.39, 0.29) is 17.1 Å². The third kappa shape index (κ3) is 2.65. The molecule has 96 valence electrons. The fourth-order valence-corrected chi connectivity index (χ4v) is 1.40. The second-order valence-corrected chi connectivity index (χ2v) is 3.59. The molecule has 0 atom stereocenters. The molecule has 2 N–H and O–H groups in total. The Morgan fingerprint density at radius 2 is 1.58 bits per heavy atom. The van der Waals surface area contributed by atoms with Crippen LogP contribution in [0.3, 0.4) is 0 Å². The number of hydrogen-bond donors (Lipinski definition) is 2. The van der Waals surface area contributed by atoms with Crippen LogP contribution < -0.4 is 0 Å². The number of phenols is 2. The monoisotopic (exact) mass is 259 g/mol. The molecule has 0 spiro atoms. The largest absolute Gasteiger partial charge is 0.506 e. The molecule has 2 aromatic carbocycles. The number of aromatic hydroxyl groups is 2. The zero-order chi connectivity index (χ0) is 13.8. The predicted molar refractivity (Wildman–Crippen MR) is 67.0 cm³/mol. The van der Waals surface area contributed by atoms with E-state index in [1.165, 1.54) is 24.3 Å². The Labute approximate surface area is 107 Å². The molecule has 0 radical (unpaired) electrons. The summed E-state index contributed by atoms with van der Waals surface area (Å²) in [5.74, 6) is -0.636. The summed E-state index contributed by atoms with van der Waals surface area (Å²) in [6.45, 7) is 0. The predicted octanol–water partition coefficient (Wildman–Crippen LogP) is 3.42. The van der Waals surface area contributed by atoms with Crippen LogP contribution in [0.25, 0.3) is 0 Å². The van der Waals surface area contributed by atoms with Crippen LogP contribution >= 0.6 is 0 Å². The maximum Gasteiger partial charge on any atom is 0.313 e. The first-order chi connectivity index (χ1) is 9.09. The smallest absolute Gasteiger partial charge is 0.313 e. The van der Waals surface area contributed by atoms with Gasteiger partial charge in [-0.3, -0.25) is 10.1 Å². The van der Waals surface area contributed by atoms with Gasteiger partial charge in [0.25, 0.3) is 0 Å². The summed E-state index contributed by atoms with van der Waals surface area (Å²) in [4.78, 5) is 9.92. The molecular formula is C12H9N3O4. The third-order valence-corrected chi connectivity index (χ3v) is 2.34. The summed E-state index contributed by atoms with van der Waals surface area (Å²) >= 11 is 0. The van der Waals surface area contributed by atoms with Crippen molar-refractivity contribution in [3.05, 3.63) is 52.6 Å². The Kier molecular flexibility index (Phi) is 3.37. The molecule has 0 bridgehead atoms. The first-order valence-electron chi connectivity index (χ1n) is 5.25. The number of para-hydroxylation sites is 2. The molecule has 7 heteroatoms. The summed E-state index contributed by atoms with van der Waals surface area (Å²) in [7, 11) is 0. The molecule has 2 aromatic rings. The minimum Gasteiger partial charge on any atom is -0.506 e. The van der Waals surface area contributed by atoms with E-state index in [0.717, 1.165) is 6.07 Å². The van der Waals surface area contributed by atoms with Crippen molar-refractivity contribution in [1.82, 2.24) is 0 Å². The molecule has 2 rings (SSSR count). The molecule has 0 aliphatic heterocycles. The van der Waals surface area contributed by atoms with Gasteiger partial charge in [-0.05, 0) is 18.2 Å². The number of rotatable bonds is 3. The topological polar surface area (TPSA) is 108 Å². The van der Waals surface area contributed by atoms with Gasteiger partial charge in [-0.15, -0.1) is 10.2 Å². The first kappa shape index (κ1) is 12.5. The fraction of sp³-hybridized carbons (Fsp3) is 0. The number of nitro benzene ring substituents is 1. The van der Waals surface area contributed by atoms with Crippen molar-refractivity contribution in [2.24, 2.45) is 10.2 Å². The number of nitro groups is 1. The zero-order valence-corrected chi connectivity index (χ0v) is 9.59. The lowest BCUT2D eigenvalue weighted by molar-refractivity contribution is -0.385. The van der Waals surface area contributed by atoms with Gasteiger partial charge in [-0.1, -0.05) is 18.2 Å². The van der Waals surface area contributed by atoms with E-state index in [2.05, 4.69) is 10.2 Å². The molecule has 19 heavy (non-hydrogen) atoms. The highest BCUT2D eigenvalue weighted by Crippen LogP contribution is 2.37. The van der Waals surface area contributed by atoms with Crippen LogP contribution in [0, 0.1) is 10.1 Å². The van der Waals surface area contributed by atoms with E-state index in [4.69, 9.17) is 0 Å². The standard InChI is InChI=1S/C12H9N3O4/c16-11-7-2-1-4-8(11)13-14-9-5-3-6-10(12(9)17)15(18)19/h1-7,16-17H. The number of hydrogen-bond acceptors (Lipinski definition) is 6. The number of nitrogens with zero attached hydrogens (tertiary/aromatic N) is 3. The lowest BCUT2D eigenvalue weighted by atomic mass is 10.2. The van der Waals surface area contributed by atoms with Crippen LogP contribution in [0.4, 0.5) is 17.1 Å². The van der Waals surface area contributed by atoms with E-state index in [1.54, 1.807) is 12.1 Å². The summed E-state index contributed by atoms with van der Waals surface area (Å²) in [5, 5.41) is 37.2. The quantitative estimate of drug-likeness (QED) is 0.500. The van der Waals surface area contributed by atoms with Gasteiger partial charge in [-0.25, -0.2) is 0 Å². The average molecular weight is 259 g/mol. The highest BCUT2D eigenvalue weighted by atomic mass is 16.6. The van der Waals surface area contributed by atoms with Crippen LogP contribution in [-0.4, -0.2) is 15.1 Å². The average Bonchev–Trinajstić information content (AvgIpc) is 2.39. The molecule has 0 aliphatic rings. The zero-order valence-electron chi connectivity index (χ0n) is 9.59. The Bertz CT molecular complexity index is 655. The van der Waals surface area contributed by atoms with Gasteiger partial charge >= 0.3 is 5.69 Å². The van der Waals surface area contributed by atoms with Crippen molar-refractivity contribution in [1.29, 1.82) is 0 Å². The van der Waals surface area contributed by atoms with Crippen molar-refractivity contribution in [3.8, 4) is 11.5 Å². The van der Waals surface area contributed by atoms with E-state index < -0.39 is 16.4 Å². The van der Waals surface area contributed by atoms with Gasteiger partial charge in [0.15, 0.2) is 0 Å². The van der Waals surface area contributed by atoms with Gasteiger partial charge in [0.1, 0.15) is 17.1 Å². The maximum atomic E-state index is 10.6. The number of benzene rings is 2. The molecular weight excluding hydrogens is 250 g/mol. The van der Waals surface area contributed by atoms with Gasteiger partial charge in [0.2, 0.25) is 5.75 Å². The third-order valence-electron chi connectivity index (χ3n) is 2.34. The molecule has 0 amide bonds. The molecule has 0 saturated heterocycles. The molecule has 0 aromatic heterocycles. The molecule has 7 nitrogen and oxygen atoms in total. The van der Waals surface area contributed by atoms with Crippen molar-refractivity contribution >= 4 is 17.1 Å². The first-order valence-corrected chi connectivity index (χ1v) is 5.25. The van der Waals surface area contributed by atoms with Gasteiger partial charge in [-0.2, -0.15) is 0 Å². The van der Waals surface area contributed by atoms with Crippen LogP contribution in [0.15, 0.2) is 52.7 Å². The number of phenolic OH excluding ortho intramolecular Hbond substituents is 2. The maximum absolute atomic E-state index is 10.6. The molecule has 0 heterocycles. The molecule has 0 saturated carbocycles. The van der Waals surface area contributed by atoms with E-state index >= 15 is 0 Å². The molecule has 0 aliphatic carbocycles. The lowest BCUT2D eigenvalue weighted by Crippen LogP contribution is -1.87. The van der Waals surface area contributed by atoms with E-state index in [1.807, 2.05) is 0 Å². The Morgan fingerprint density at radius 1 is 0.947 bits per heavy atom. The minimum atomic E-state index is -0.714. The van der Waals surface area contributed by atoms with Crippen LogP contribution in [0.5, 0.6) is 11.5 Å². The minimum absolute atomic E-state index is 0.0440. The SMILES string of the molecule is O=[N+]([O-])c1cccc(N=Nc2ccccc2O)c1O. The fourth-order valence-electron chi connectivity index (χ4n) is 1.40. The van der Waals surface area contributed by atoms with Gasteiger partial charge in [0.05, 0.1) is 4.92 Å². The van der Waals surface area contributed by atoms with Crippen molar-refractivity contribution in [2.45, 2.75) is 0 Å². The second kappa shape index (κ2) is 5.13. The van der Waals surface area contributed by atoms with Crippen molar-refractivity contribution in [3.63, 3.8) is 0 Å². The van der Waals surface area contributed by atoms with Gasteiger partial charge in [0, 0.05) is 6.07 Å². The van der Waals surface area contributed by atoms with Crippen LogP contribution in [0.1, 0.15) is 0 Å². The number of azo groups is 1. The summed E-state index contributed by atoms with van der Waals surface area (Å²) < 4.78 is 0. The Balaban J connectivity index is 2.37. The molecule has 0 unspecified atom stereocenters. The second-order valence-electron chi connectivity index (χ2n) is 3.59. The normalized spacial score (nSPS) is 10.7. The van der Waals surface area contributed by atoms with Crippen molar-refractivity contribution in [2.75, 3.05) is 0 Å². The van der Waals surface area contributed by atoms with Gasteiger partial charge < -0.3 is 10.2 Å². The highest BCUT2D eigenvalue weighted by molar-refractivity contribution is 5.62.